The number of amides is 2. The van der Waals surface area contributed by atoms with Gasteiger partial charge in [0.15, 0.2) is 11.5 Å². The summed E-state index contributed by atoms with van der Waals surface area (Å²) in [5.74, 6) is -0.390. The Bertz CT molecular complexity index is 1110. The first-order chi connectivity index (χ1) is 16.2. The van der Waals surface area contributed by atoms with Crippen LogP contribution >= 0.6 is 23.4 Å². The summed E-state index contributed by atoms with van der Waals surface area (Å²) < 4.78 is 16.7. The van der Waals surface area contributed by atoms with Crippen molar-refractivity contribution in [2.75, 3.05) is 13.2 Å². The van der Waals surface area contributed by atoms with Crippen LogP contribution in [0.15, 0.2) is 41.3 Å². The molecular weight excluding hydrogens is 478 g/mol. The molecule has 1 fully saturated rings. The van der Waals surface area contributed by atoms with Gasteiger partial charge >= 0.3 is 5.97 Å². The highest BCUT2D eigenvalue weighted by atomic mass is 35.5. The number of halogens is 1. The molecule has 0 spiro atoms. The van der Waals surface area contributed by atoms with E-state index in [1.54, 1.807) is 26.0 Å². The number of imide groups is 1. The van der Waals surface area contributed by atoms with Crippen LogP contribution in [-0.2, 0) is 20.9 Å². The van der Waals surface area contributed by atoms with E-state index in [1.807, 2.05) is 38.1 Å². The molecular formula is C25H26ClNO6S. The molecule has 2 aromatic carbocycles. The van der Waals surface area contributed by atoms with E-state index in [4.69, 9.17) is 25.8 Å². The third-order valence-corrected chi connectivity index (χ3v) is 5.85. The van der Waals surface area contributed by atoms with Crippen LogP contribution in [0, 0.1) is 6.92 Å². The summed E-state index contributed by atoms with van der Waals surface area (Å²) in [6.45, 7) is 7.50. The number of carbonyl (C=O) groups is 3. The molecule has 0 aromatic heterocycles. The molecule has 0 aliphatic carbocycles. The smallest absolute Gasteiger partial charge is 0.326 e. The third kappa shape index (κ3) is 6.55. The van der Waals surface area contributed by atoms with Crippen LogP contribution in [0.3, 0.4) is 0 Å². The molecule has 9 heteroatoms. The summed E-state index contributed by atoms with van der Waals surface area (Å²) in [6.07, 6.45) is 1.20. The zero-order valence-corrected chi connectivity index (χ0v) is 21.0. The average molecular weight is 504 g/mol. The lowest BCUT2D eigenvalue weighted by atomic mass is 10.1. The van der Waals surface area contributed by atoms with Crippen LogP contribution in [0.5, 0.6) is 11.5 Å². The summed E-state index contributed by atoms with van der Waals surface area (Å²) in [5, 5.41) is -0.227. The van der Waals surface area contributed by atoms with Crippen LogP contribution in [0.25, 0.3) is 6.08 Å². The first-order valence-corrected chi connectivity index (χ1v) is 12.0. The quantitative estimate of drug-likeness (QED) is 0.324. The molecule has 0 saturated carbocycles. The molecule has 0 radical (unpaired) electrons. The first kappa shape index (κ1) is 25.6. The fourth-order valence-corrected chi connectivity index (χ4v) is 4.24. The van der Waals surface area contributed by atoms with Gasteiger partial charge in [-0.3, -0.25) is 19.3 Å². The van der Waals surface area contributed by atoms with Gasteiger partial charge in [0.25, 0.3) is 11.1 Å². The molecule has 0 unspecified atom stereocenters. The molecule has 7 nitrogen and oxygen atoms in total. The summed E-state index contributed by atoms with van der Waals surface area (Å²) in [7, 11) is 0. The minimum absolute atomic E-state index is 0.175. The van der Waals surface area contributed by atoms with Gasteiger partial charge in [-0.1, -0.05) is 41.4 Å². The molecule has 0 bridgehead atoms. The van der Waals surface area contributed by atoms with Gasteiger partial charge in [0.05, 0.1) is 22.6 Å². The van der Waals surface area contributed by atoms with Crippen molar-refractivity contribution in [2.45, 2.75) is 40.4 Å². The van der Waals surface area contributed by atoms with Gasteiger partial charge in [0.2, 0.25) is 0 Å². The Morgan fingerprint density at radius 2 is 1.85 bits per heavy atom. The van der Waals surface area contributed by atoms with Crippen molar-refractivity contribution in [1.29, 1.82) is 0 Å². The predicted molar refractivity (Wildman–Crippen MR) is 132 cm³/mol. The molecule has 180 valence electrons. The van der Waals surface area contributed by atoms with Crippen molar-refractivity contribution in [3.05, 3.63) is 63.0 Å². The number of nitrogens with zero attached hydrogens (tertiary/aromatic N) is 1. The molecule has 1 aliphatic heterocycles. The zero-order valence-electron chi connectivity index (χ0n) is 19.4. The van der Waals surface area contributed by atoms with Crippen molar-refractivity contribution < 1.29 is 28.6 Å². The Hall–Kier alpha value is -2.97. The van der Waals surface area contributed by atoms with Gasteiger partial charge in [-0.25, -0.2) is 0 Å². The van der Waals surface area contributed by atoms with E-state index in [9.17, 15) is 14.4 Å². The number of benzene rings is 2. The van der Waals surface area contributed by atoms with Crippen LogP contribution in [-0.4, -0.2) is 41.3 Å². The second-order valence-electron chi connectivity index (χ2n) is 7.84. The Balaban J connectivity index is 1.80. The standard InChI is InChI=1S/C25H26ClNO6S/c1-5-31-20-11-18(10-19(26)23(20)32-14-17-8-6-16(4)7-9-17)12-21-24(29)27(25(30)34-21)13-22(28)33-15(2)3/h6-12,15H,5,13-14H2,1-4H3/b21-12+. The number of rotatable bonds is 9. The normalized spacial score (nSPS) is 14.8. The number of aryl methyl sites for hydroxylation is 1. The largest absolute Gasteiger partial charge is 0.490 e. The van der Waals surface area contributed by atoms with E-state index in [-0.39, 0.29) is 11.0 Å². The summed E-state index contributed by atoms with van der Waals surface area (Å²) in [4.78, 5) is 37.9. The van der Waals surface area contributed by atoms with Crippen molar-refractivity contribution >= 4 is 46.6 Å². The van der Waals surface area contributed by atoms with E-state index >= 15 is 0 Å². The minimum atomic E-state index is -0.643. The summed E-state index contributed by atoms with van der Waals surface area (Å²) >= 11 is 7.24. The number of ether oxygens (including phenoxy) is 3. The van der Waals surface area contributed by atoms with Crippen molar-refractivity contribution in [1.82, 2.24) is 4.90 Å². The molecule has 34 heavy (non-hydrogen) atoms. The molecule has 1 saturated heterocycles. The Morgan fingerprint density at radius 1 is 1.15 bits per heavy atom. The van der Waals surface area contributed by atoms with Crippen molar-refractivity contribution in [2.24, 2.45) is 0 Å². The SMILES string of the molecule is CCOc1cc(/C=C2/SC(=O)N(CC(=O)OC(C)C)C2=O)cc(Cl)c1OCc1ccc(C)cc1. The van der Waals surface area contributed by atoms with Gasteiger partial charge < -0.3 is 14.2 Å². The van der Waals surface area contributed by atoms with Gasteiger partial charge in [-0.05, 0) is 68.8 Å². The second-order valence-corrected chi connectivity index (χ2v) is 9.24. The zero-order chi connectivity index (χ0) is 24.8. The van der Waals surface area contributed by atoms with E-state index in [1.165, 1.54) is 6.08 Å². The van der Waals surface area contributed by atoms with Gasteiger partial charge in [0.1, 0.15) is 13.2 Å². The maximum Gasteiger partial charge on any atom is 0.326 e. The second kappa shape index (κ2) is 11.4. The Morgan fingerprint density at radius 3 is 2.50 bits per heavy atom. The molecule has 2 amide bonds. The van der Waals surface area contributed by atoms with Crippen LogP contribution < -0.4 is 9.47 Å². The number of thioether (sulfide) groups is 1. The summed E-state index contributed by atoms with van der Waals surface area (Å²) in [5.41, 5.74) is 2.70. The first-order valence-electron chi connectivity index (χ1n) is 10.8. The lowest BCUT2D eigenvalue weighted by molar-refractivity contribution is -0.149. The highest BCUT2D eigenvalue weighted by Crippen LogP contribution is 2.39. The van der Waals surface area contributed by atoms with E-state index < -0.39 is 23.7 Å². The monoisotopic (exact) mass is 503 g/mol. The number of hydrogen-bond donors (Lipinski definition) is 0. The number of esters is 1. The Kier molecular flexibility index (Phi) is 8.63. The fraction of sp³-hybridized carbons (Fsp3) is 0.320. The maximum atomic E-state index is 12.7. The van der Waals surface area contributed by atoms with Crippen LogP contribution in [0.1, 0.15) is 37.5 Å². The van der Waals surface area contributed by atoms with Crippen molar-refractivity contribution in [3.8, 4) is 11.5 Å². The lowest BCUT2D eigenvalue weighted by Crippen LogP contribution is -2.35. The molecule has 1 heterocycles. The third-order valence-electron chi connectivity index (χ3n) is 4.66. The van der Waals surface area contributed by atoms with E-state index in [0.29, 0.717) is 35.3 Å². The molecule has 3 rings (SSSR count). The van der Waals surface area contributed by atoms with E-state index in [0.717, 1.165) is 27.8 Å². The maximum absolute atomic E-state index is 12.7. The molecule has 0 N–H and O–H groups in total. The number of carbonyl (C=O) groups excluding carboxylic acids is 3. The average Bonchev–Trinajstić information content (AvgIpc) is 3.01. The van der Waals surface area contributed by atoms with E-state index in [2.05, 4.69) is 0 Å². The van der Waals surface area contributed by atoms with Crippen LogP contribution in [0.4, 0.5) is 4.79 Å². The van der Waals surface area contributed by atoms with Crippen molar-refractivity contribution in [3.63, 3.8) is 0 Å². The van der Waals surface area contributed by atoms with Gasteiger partial charge in [0, 0.05) is 0 Å². The predicted octanol–water partition coefficient (Wildman–Crippen LogP) is 5.61. The number of hydrogen-bond acceptors (Lipinski definition) is 7. The highest BCUT2D eigenvalue weighted by Gasteiger charge is 2.36. The molecule has 0 atom stereocenters. The fourth-order valence-electron chi connectivity index (χ4n) is 3.13. The molecule has 1 aliphatic rings. The highest BCUT2D eigenvalue weighted by molar-refractivity contribution is 8.18. The van der Waals surface area contributed by atoms with Gasteiger partial charge in [-0.2, -0.15) is 0 Å². The topological polar surface area (TPSA) is 82.1 Å². The molecule has 2 aromatic rings. The lowest BCUT2D eigenvalue weighted by Gasteiger charge is -2.15. The minimum Gasteiger partial charge on any atom is -0.490 e. The van der Waals surface area contributed by atoms with Crippen LogP contribution in [0.2, 0.25) is 5.02 Å². The van der Waals surface area contributed by atoms with Gasteiger partial charge in [-0.15, -0.1) is 0 Å². The summed E-state index contributed by atoms with van der Waals surface area (Å²) in [6, 6.07) is 11.3. The Labute approximate surface area is 208 Å².